The molecule has 0 aromatic rings. The Morgan fingerprint density at radius 2 is 1.13 bits per heavy atom. The lowest BCUT2D eigenvalue weighted by Gasteiger charge is -2.16. The first-order valence-corrected chi connectivity index (χ1v) is 6.07. The zero-order valence-corrected chi connectivity index (χ0v) is 12.4. The van der Waals surface area contributed by atoms with Gasteiger partial charge in [0.2, 0.25) is 0 Å². The molecule has 1 N–H and O–H groups in total. The van der Waals surface area contributed by atoms with E-state index in [2.05, 4.69) is 35.8 Å². The fourth-order valence-electron chi connectivity index (χ4n) is 0.797. The minimum absolute atomic E-state index is 0.255. The molecule has 23 heavy (non-hydrogen) atoms. The van der Waals surface area contributed by atoms with E-state index in [9.17, 15) is 19.2 Å². The van der Waals surface area contributed by atoms with Crippen molar-refractivity contribution in [1.29, 1.82) is 0 Å². The molecule has 0 radical (unpaired) electrons. The van der Waals surface area contributed by atoms with Gasteiger partial charge in [-0.2, -0.15) is 0 Å². The van der Waals surface area contributed by atoms with Crippen molar-refractivity contribution >= 4 is 23.9 Å². The van der Waals surface area contributed by atoms with E-state index in [-0.39, 0.29) is 13.2 Å². The largest absolute Gasteiger partial charge is 0.478 e. The summed E-state index contributed by atoms with van der Waals surface area (Å²) in [5.41, 5.74) is 0. The maximum Gasteiger partial charge on any atom is 0.330 e. The molecule has 0 aliphatic carbocycles. The normalized spacial score (nSPS) is 8.57. The molecule has 0 aromatic heterocycles. The second-order valence-electron chi connectivity index (χ2n) is 3.47. The third kappa shape index (κ3) is 15.1. The van der Waals surface area contributed by atoms with E-state index in [1.807, 2.05) is 0 Å². The number of aliphatic carboxylic acids is 1. The Kier molecular flexibility index (Phi) is 13.3. The molecule has 0 saturated heterocycles. The molecule has 0 fully saturated rings. The van der Waals surface area contributed by atoms with Gasteiger partial charge in [-0.05, 0) is 0 Å². The molecule has 0 aromatic carbocycles. The van der Waals surface area contributed by atoms with Gasteiger partial charge in [-0.15, -0.1) is 0 Å². The summed E-state index contributed by atoms with van der Waals surface area (Å²) in [7, 11) is 0. The van der Waals surface area contributed by atoms with Crippen LogP contribution in [0.2, 0.25) is 0 Å². The van der Waals surface area contributed by atoms with Crippen molar-refractivity contribution in [3.05, 3.63) is 50.6 Å². The van der Waals surface area contributed by atoms with Crippen molar-refractivity contribution in [2.24, 2.45) is 0 Å². The monoisotopic (exact) mass is 326 g/mol. The van der Waals surface area contributed by atoms with Crippen LogP contribution in [0.15, 0.2) is 50.6 Å². The average Bonchev–Trinajstić information content (AvgIpc) is 2.56. The molecule has 0 spiro atoms. The van der Waals surface area contributed by atoms with Gasteiger partial charge in [-0.1, -0.05) is 26.3 Å². The Morgan fingerprint density at radius 1 is 0.783 bits per heavy atom. The smallest absolute Gasteiger partial charge is 0.330 e. The van der Waals surface area contributed by atoms with Crippen molar-refractivity contribution in [3.8, 4) is 0 Å². The summed E-state index contributed by atoms with van der Waals surface area (Å²) in [6.07, 6.45) is 2.78. The Labute approximate surface area is 133 Å². The standard InChI is InChI=1S/C12H14O6.C3H4O2/c1-4-10(13)16-7-9(18-12(15)6-3)8-17-11(14)5-2;1-2-3(4)5/h4-6,9H,1-3,7-8H2;2H,1H2,(H,4,5). The lowest BCUT2D eigenvalue weighted by atomic mass is 10.4. The van der Waals surface area contributed by atoms with Gasteiger partial charge >= 0.3 is 23.9 Å². The van der Waals surface area contributed by atoms with Gasteiger partial charge in [0.25, 0.3) is 0 Å². The first-order valence-electron chi connectivity index (χ1n) is 6.07. The number of carbonyl (C=O) groups is 4. The SMILES string of the molecule is C=CC(=O)O.C=CC(=O)OCC(COC(=O)C=C)OC(=O)C=C. The van der Waals surface area contributed by atoms with Crippen LogP contribution in [0, 0.1) is 0 Å². The topological polar surface area (TPSA) is 116 Å². The fraction of sp³-hybridized carbons (Fsp3) is 0.200. The Hall–Kier alpha value is -3.16. The van der Waals surface area contributed by atoms with Crippen molar-refractivity contribution in [1.82, 2.24) is 0 Å². The average molecular weight is 326 g/mol. The molecule has 8 heteroatoms. The number of rotatable bonds is 9. The number of carboxylic acids is 1. The summed E-state index contributed by atoms with van der Waals surface area (Å²) in [6, 6.07) is 0. The van der Waals surface area contributed by atoms with E-state index in [0.717, 1.165) is 24.3 Å². The molecule has 0 aliphatic heterocycles. The zero-order valence-electron chi connectivity index (χ0n) is 12.4. The van der Waals surface area contributed by atoms with Crippen molar-refractivity contribution in [2.45, 2.75) is 6.10 Å². The molecule has 0 atom stereocenters. The van der Waals surface area contributed by atoms with E-state index in [1.165, 1.54) is 0 Å². The van der Waals surface area contributed by atoms with E-state index in [0.29, 0.717) is 0 Å². The first-order chi connectivity index (χ1) is 10.8. The molecule has 8 nitrogen and oxygen atoms in total. The lowest BCUT2D eigenvalue weighted by molar-refractivity contribution is -0.160. The van der Waals surface area contributed by atoms with Crippen LogP contribution in [-0.4, -0.2) is 48.3 Å². The predicted octanol–water partition coefficient (Wildman–Crippen LogP) is 0.800. The van der Waals surface area contributed by atoms with Gasteiger partial charge in [0, 0.05) is 24.3 Å². The van der Waals surface area contributed by atoms with Gasteiger partial charge < -0.3 is 19.3 Å². The van der Waals surface area contributed by atoms with Crippen LogP contribution in [0.25, 0.3) is 0 Å². The Bertz CT molecular complexity index is 454. The van der Waals surface area contributed by atoms with Crippen molar-refractivity contribution in [2.75, 3.05) is 13.2 Å². The third-order valence-corrected chi connectivity index (χ3v) is 1.78. The lowest BCUT2D eigenvalue weighted by Crippen LogP contribution is -2.29. The van der Waals surface area contributed by atoms with Crippen LogP contribution in [0.1, 0.15) is 0 Å². The molecule has 126 valence electrons. The summed E-state index contributed by atoms with van der Waals surface area (Å²) in [6.45, 7) is 12.1. The molecule has 0 amide bonds. The minimum Gasteiger partial charge on any atom is -0.478 e. The molecule has 0 rings (SSSR count). The van der Waals surface area contributed by atoms with Crippen LogP contribution in [0.4, 0.5) is 0 Å². The molecule has 0 unspecified atom stereocenters. The van der Waals surface area contributed by atoms with Crippen molar-refractivity contribution in [3.63, 3.8) is 0 Å². The first kappa shape index (κ1) is 22.1. The van der Waals surface area contributed by atoms with Gasteiger partial charge in [-0.25, -0.2) is 19.2 Å². The number of hydrogen-bond acceptors (Lipinski definition) is 7. The van der Waals surface area contributed by atoms with Gasteiger partial charge in [0.05, 0.1) is 0 Å². The van der Waals surface area contributed by atoms with Crippen LogP contribution in [-0.2, 0) is 33.4 Å². The number of carbonyl (C=O) groups excluding carboxylic acids is 3. The Morgan fingerprint density at radius 3 is 1.39 bits per heavy atom. The van der Waals surface area contributed by atoms with Crippen LogP contribution in [0.5, 0.6) is 0 Å². The summed E-state index contributed by atoms with van der Waals surface area (Å²) in [5, 5.41) is 7.60. The number of ether oxygens (including phenoxy) is 3. The van der Waals surface area contributed by atoms with Gasteiger partial charge in [-0.3, -0.25) is 0 Å². The van der Waals surface area contributed by atoms with E-state index in [4.69, 9.17) is 9.84 Å². The van der Waals surface area contributed by atoms with Crippen LogP contribution >= 0.6 is 0 Å². The summed E-state index contributed by atoms with van der Waals surface area (Å²) in [5.74, 6) is -3.05. The van der Waals surface area contributed by atoms with E-state index < -0.39 is 30.0 Å². The zero-order chi connectivity index (χ0) is 18.3. The van der Waals surface area contributed by atoms with Gasteiger partial charge in [0.15, 0.2) is 6.10 Å². The molecule has 0 saturated carbocycles. The molecule has 0 bridgehead atoms. The maximum absolute atomic E-state index is 11.0. The summed E-state index contributed by atoms with van der Waals surface area (Å²) in [4.78, 5) is 41.9. The molecular weight excluding hydrogens is 308 g/mol. The highest BCUT2D eigenvalue weighted by Gasteiger charge is 2.16. The highest BCUT2D eigenvalue weighted by atomic mass is 16.6. The minimum atomic E-state index is -0.981. The number of hydrogen-bond donors (Lipinski definition) is 1. The second-order valence-corrected chi connectivity index (χ2v) is 3.47. The molecule has 0 heterocycles. The van der Waals surface area contributed by atoms with Crippen LogP contribution < -0.4 is 0 Å². The molecule has 0 aliphatic rings. The summed E-state index contributed by atoms with van der Waals surface area (Å²) >= 11 is 0. The highest BCUT2D eigenvalue weighted by molar-refractivity contribution is 5.82. The quantitative estimate of drug-likeness (QED) is 0.376. The van der Waals surface area contributed by atoms with Crippen LogP contribution in [0.3, 0.4) is 0 Å². The number of carboxylic acid groups (broad SMARTS) is 1. The highest BCUT2D eigenvalue weighted by Crippen LogP contribution is 1.98. The predicted molar refractivity (Wildman–Crippen MR) is 80.2 cm³/mol. The molecular formula is C15H18O8. The third-order valence-electron chi connectivity index (χ3n) is 1.78. The Balaban J connectivity index is 0. The maximum atomic E-state index is 11.0. The van der Waals surface area contributed by atoms with E-state index in [1.54, 1.807) is 0 Å². The summed E-state index contributed by atoms with van der Waals surface area (Å²) < 4.78 is 14.2. The van der Waals surface area contributed by atoms with Gasteiger partial charge in [0.1, 0.15) is 13.2 Å². The second kappa shape index (κ2) is 13.8. The van der Waals surface area contributed by atoms with Crippen molar-refractivity contribution < 1.29 is 38.5 Å². The number of esters is 3. The fourth-order valence-corrected chi connectivity index (χ4v) is 0.797. The van der Waals surface area contributed by atoms with E-state index >= 15 is 0 Å².